The second kappa shape index (κ2) is 6.68. The first-order chi connectivity index (χ1) is 12.7. The van der Waals surface area contributed by atoms with Crippen LogP contribution >= 0.6 is 0 Å². The Bertz CT molecular complexity index is 1040. The largest absolute Gasteiger partial charge is 0.382 e. The standard InChI is InChI=1S/C20H14FN5/c21-20-16(17-10-26-18(22)11-25-17)7-6-15(13-4-2-1-3-5-13)19(20)14-8-23-12-24-9-14/h1-12H,(H2,22,26). The Kier molecular flexibility index (Phi) is 4.07. The number of nitrogen functional groups attached to an aromatic ring is 1. The van der Waals surface area contributed by atoms with Gasteiger partial charge in [0.05, 0.1) is 18.1 Å². The molecule has 5 nitrogen and oxygen atoms in total. The molecule has 0 aliphatic rings. The molecule has 0 saturated heterocycles. The molecule has 0 radical (unpaired) electrons. The first kappa shape index (κ1) is 15.8. The molecule has 0 saturated carbocycles. The van der Waals surface area contributed by atoms with Crippen LogP contribution in [0.4, 0.5) is 10.2 Å². The number of anilines is 1. The maximum atomic E-state index is 15.5. The smallest absolute Gasteiger partial charge is 0.141 e. The van der Waals surface area contributed by atoms with Crippen molar-refractivity contribution in [1.29, 1.82) is 0 Å². The maximum Gasteiger partial charge on any atom is 0.141 e. The number of rotatable bonds is 3. The molecule has 0 fully saturated rings. The maximum absolute atomic E-state index is 15.5. The molecule has 2 aromatic heterocycles. The first-order valence-electron chi connectivity index (χ1n) is 7.95. The van der Waals surface area contributed by atoms with Gasteiger partial charge in [-0.25, -0.2) is 19.3 Å². The molecular weight excluding hydrogens is 329 g/mol. The minimum absolute atomic E-state index is 0.284. The molecule has 0 bridgehead atoms. The van der Waals surface area contributed by atoms with Gasteiger partial charge in [0.2, 0.25) is 0 Å². The van der Waals surface area contributed by atoms with Gasteiger partial charge in [0.15, 0.2) is 0 Å². The zero-order valence-electron chi connectivity index (χ0n) is 13.7. The Balaban J connectivity index is 1.97. The van der Waals surface area contributed by atoms with E-state index in [9.17, 15) is 0 Å². The lowest BCUT2D eigenvalue weighted by molar-refractivity contribution is 0.634. The normalized spacial score (nSPS) is 10.7. The fraction of sp³-hybridized carbons (Fsp3) is 0. The lowest BCUT2D eigenvalue weighted by Gasteiger charge is -2.14. The molecule has 0 atom stereocenters. The average Bonchev–Trinajstić information content (AvgIpc) is 2.70. The van der Waals surface area contributed by atoms with Gasteiger partial charge in [-0.15, -0.1) is 0 Å². The minimum Gasteiger partial charge on any atom is -0.382 e. The number of halogens is 1. The zero-order chi connectivity index (χ0) is 17.9. The molecule has 4 aromatic rings. The van der Waals surface area contributed by atoms with Crippen molar-refractivity contribution in [2.45, 2.75) is 0 Å². The Morgan fingerprint density at radius 3 is 2.15 bits per heavy atom. The highest BCUT2D eigenvalue weighted by molar-refractivity contribution is 5.86. The van der Waals surface area contributed by atoms with Crippen molar-refractivity contribution >= 4 is 5.82 Å². The van der Waals surface area contributed by atoms with E-state index in [4.69, 9.17) is 5.73 Å². The van der Waals surface area contributed by atoms with Crippen LogP contribution in [0, 0.1) is 5.82 Å². The second-order valence-electron chi connectivity index (χ2n) is 5.67. The molecule has 6 heteroatoms. The van der Waals surface area contributed by atoms with E-state index in [1.807, 2.05) is 36.4 Å². The summed E-state index contributed by atoms with van der Waals surface area (Å²) in [4.78, 5) is 16.2. The van der Waals surface area contributed by atoms with Crippen LogP contribution in [0.5, 0.6) is 0 Å². The molecule has 4 rings (SSSR count). The highest BCUT2D eigenvalue weighted by atomic mass is 19.1. The Morgan fingerprint density at radius 2 is 1.46 bits per heavy atom. The lowest BCUT2D eigenvalue weighted by Crippen LogP contribution is -1.98. The van der Waals surface area contributed by atoms with Crippen LogP contribution in [-0.2, 0) is 0 Å². The Hall–Kier alpha value is -3.67. The molecule has 2 heterocycles. The summed E-state index contributed by atoms with van der Waals surface area (Å²) in [5, 5.41) is 0. The van der Waals surface area contributed by atoms with Crippen molar-refractivity contribution in [3.63, 3.8) is 0 Å². The molecule has 0 spiro atoms. The van der Waals surface area contributed by atoms with Crippen molar-refractivity contribution in [2.24, 2.45) is 0 Å². The minimum atomic E-state index is -0.403. The molecule has 126 valence electrons. The molecule has 0 unspecified atom stereocenters. The summed E-state index contributed by atoms with van der Waals surface area (Å²) in [7, 11) is 0. The molecule has 2 N–H and O–H groups in total. The van der Waals surface area contributed by atoms with Crippen LogP contribution < -0.4 is 5.73 Å². The number of nitrogens with two attached hydrogens (primary N) is 1. The van der Waals surface area contributed by atoms with Gasteiger partial charge in [0.25, 0.3) is 0 Å². The Labute approximate surface area is 149 Å². The van der Waals surface area contributed by atoms with Crippen LogP contribution in [-0.4, -0.2) is 19.9 Å². The molecule has 26 heavy (non-hydrogen) atoms. The molecule has 0 aliphatic carbocycles. The molecule has 0 amide bonds. The van der Waals surface area contributed by atoms with Crippen LogP contribution in [0.25, 0.3) is 33.5 Å². The van der Waals surface area contributed by atoms with Crippen molar-refractivity contribution in [2.75, 3.05) is 5.73 Å². The SMILES string of the molecule is Nc1cnc(-c2ccc(-c3ccccc3)c(-c3cncnc3)c2F)cn1. The predicted molar refractivity (Wildman–Crippen MR) is 98.3 cm³/mol. The zero-order valence-corrected chi connectivity index (χ0v) is 13.7. The van der Waals surface area contributed by atoms with E-state index in [2.05, 4.69) is 19.9 Å². The first-order valence-corrected chi connectivity index (χ1v) is 7.95. The van der Waals surface area contributed by atoms with Gasteiger partial charge < -0.3 is 5.73 Å². The van der Waals surface area contributed by atoms with Crippen molar-refractivity contribution in [1.82, 2.24) is 19.9 Å². The Morgan fingerprint density at radius 1 is 0.731 bits per heavy atom. The lowest BCUT2D eigenvalue weighted by atomic mass is 9.92. The van der Waals surface area contributed by atoms with Crippen molar-refractivity contribution < 1.29 is 4.39 Å². The summed E-state index contributed by atoms with van der Waals surface area (Å²) in [5.41, 5.74) is 9.01. The van der Waals surface area contributed by atoms with Crippen molar-refractivity contribution in [3.05, 3.63) is 79.4 Å². The summed E-state index contributed by atoms with van der Waals surface area (Å²) < 4.78 is 15.5. The second-order valence-corrected chi connectivity index (χ2v) is 5.67. The monoisotopic (exact) mass is 343 g/mol. The molecule has 2 aromatic carbocycles. The van der Waals surface area contributed by atoms with E-state index in [1.165, 1.54) is 18.7 Å². The van der Waals surface area contributed by atoms with Crippen molar-refractivity contribution in [3.8, 4) is 33.5 Å². The summed E-state index contributed by atoms with van der Waals surface area (Å²) in [5.74, 6) is -0.119. The number of hydrogen-bond acceptors (Lipinski definition) is 5. The van der Waals surface area contributed by atoms with E-state index < -0.39 is 5.82 Å². The van der Waals surface area contributed by atoms with Gasteiger partial charge >= 0.3 is 0 Å². The highest BCUT2D eigenvalue weighted by Gasteiger charge is 2.18. The quantitative estimate of drug-likeness (QED) is 0.608. The number of aromatic nitrogens is 4. The summed E-state index contributed by atoms with van der Waals surface area (Å²) in [6, 6.07) is 13.2. The average molecular weight is 343 g/mol. The van der Waals surface area contributed by atoms with Gasteiger partial charge in [-0.1, -0.05) is 36.4 Å². The third kappa shape index (κ3) is 2.88. The van der Waals surface area contributed by atoms with Crippen LogP contribution in [0.2, 0.25) is 0 Å². The molecular formula is C20H14FN5. The third-order valence-corrected chi connectivity index (χ3v) is 4.02. The summed E-state index contributed by atoms with van der Waals surface area (Å²) in [6.45, 7) is 0. The highest BCUT2D eigenvalue weighted by Crippen LogP contribution is 2.37. The predicted octanol–water partition coefficient (Wildman–Crippen LogP) is 3.99. The van der Waals surface area contributed by atoms with E-state index in [0.29, 0.717) is 22.4 Å². The van der Waals surface area contributed by atoms with Gasteiger partial charge in [0, 0.05) is 29.1 Å². The van der Waals surface area contributed by atoms with Gasteiger partial charge in [-0.05, 0) is 17.2 Å². The number of nitrogens with zero attached hydrogens (tertiary/aromatic N) is 4. The topological polar surface area (TPSA) is 77.6 Å². The van der Waals surface area contributed by atoms with E-state index in [-0.39, 0.29) is 5.82 Å². The number of hydrogen-bond donors (Lipinski definition) is 1. The summed E-state index contributed by atoms with van der Waals surface area (Å²) >= 11 is 0. The van der Waals surface area contributed by atoms with Crippen LogP contribution in [0.3, 0.4) is 0 Å². The van der Waals surface area contributed by atoms with Gasteiger partial charge in [-0.3, -0.25) is 4.98 Å². The fourth-order valence-electron chi connectivity index (χ4n) is 2.82. The van der Waals surface area contributed by atoms with E-state index in [0.717, 1.165) is 11.1 Å². The van der Waals surface area contributed by atoms with E-state index >= 15 is 4.39 Å². The third-order valence-electron chi connectivity index (χ3n) is 4.02. The number of benzene rings is 2. The summed E-state index contributed by atoms with van der Waals surface area (Å²) in [6.07, 6.45) is 7.47. The molecule has 0 aliphatic heterocycles. The fourth-order valence-corrected chi connectivity index (χ4v) is 2.82. The van der Waals surface area contributed by atoms with Gasteiger partial charge in [0.1, 0.15) is 18.0 Å². The van der Waals surface area contributed by atoms with Crippen LogP contribution in [0.15, 0.2) is 73.6 Å². The van der Waals surface area contributed by atoms with Gasteiger partial charge in [-0.2, -0.15) is 0 Å². The van der Waals surface area contributed by atoms with E-state index in [1.54, 1.807) is 18.5 Å². The van der Waals surface area contributed by atoms with Crippen LogP contribution in [0.1, 0.15) is 0 Å².